The Morgan fingerprint density at radius 1 is 1.23 bits per heavy atom. The summed E-state index contributed by atoms with van der Waals surface area (Å²) in [7, 11) is 1.80. The van der Waals surface area contributed by atoms with Gasteiger partial charge in [0.25, 0.3) is 0 Å². The molecule has 0 amide bonds. The molecule has 0 atom stereocenters. The molecule has 144 valence electrons. The van der Waals surface area contributed by atoms with Gasteiger partial charge in [-0.05, 0) is 32.6 Å². The number of guanidine groups is 1. The molecule has 3 rings (SSSR count). The smallest absolute Gasteiger partial charge is 0.309 e. The molecule has 1 fully saturated rings. The van der Waals surface area contributed by atoms with E-state index in [1.165, 1.54) is 19.3 Å². The minimum Gasteiger partial charge on any atom is -0.466 e. The first-order valence-electron chi connectivity index (χ1n) is 9.76. The van der Waals surface area contributed by atoms with Crippen molar-refractivity contribution >= 4 is 11.9 Å². The maximum atomic E-state index is 11.9. The molecule has 26 heavy (non-hydrogen) atoms. The average molecular weight is 362 g/mol. The standard InChI is InChI=1S/C18H30N6O2/c1-3-26-17(25)14-8-11-23(12-9-14)18(19-2)20-13-16-22-21-15-7-5-4-6-10-24(15)16/h14H,3-13H2,1-2H3,(H,19,20). The van der Waals surface area contributed by atoms with Crippen LogP contribution in [-0.4, -0.2) is 58.3 Å². The highest BCUT2D eigenvalue weighted by molar-refractivity contribution is 5.80. The first-order chi connectivity index (χ1) is 12.7. The van der Waals surface area contributed by atoms with Crippen molar-refractivity contribution in [3.05, 3.63) is 11.6 Å². The lowest BCUT2D eigenvalue weighted by Gasteiger charge is -2.33. The number of fused-ring (bicyclic) bond motifs is 1. The van der Waals surface area contributed by atoms with Crippen molar-refractivity contribution in [2.45, 2.75) is 58.5 Å². The molecule has 0 saturated carbocycles. The molecular formula is C18H30N6O2. The molecule has 2 aliphatic rings. The highest BCUT2D eigenvalue weighted by Gasteiger charge is 2.27. The van der Waals surface area contributed by atoms with Crippen LogP contribution < -0.4 is 5.32 Å². The molecule has 1 aromatic heterocycles. The number of hydrogen-bond donors (Lipinski definition) is 1. The third-order valence-corrected chi connectivity index (χ3v) is 5.22. The number of carbonyl (C=O) groups excluding carboxylic acids is 1. The fourth-order valence-corrected chi connectivity index (χ4v) is 3.75. The summed E-state index contributed by atoms with van der Waals surface area (Å²) in [5.41, 5.74) is 0. The number of carbonyl (C=O) groups is 1. The van der Waals surface area contributed by atoms with E-state index in [-0.39, 0.29) is 11.9 Å². The van der Waals surface area contributed by atoms with E-state index in [1.54, 1.807) is 7.05 Å². The Bertz CT molecular complexity index is 634. The molecule has 0 bridgehead atoms. The number of esters is 1. The van der Waals surface area contributed by atoms with Gasteiger partial charge in [0.2, 0.25) is 0 Å². The average Bonchev–Trinajstić information content (AvgIpc) is 2.89. The first kappa shape index (κ1) is 18.7. The third-order valence-electron chi connectivity index (χ3n) is 5.22. The molecule has 8 nitrogen and oxygen atoms in total. The van der Waals surface area contributed by atoms with Crippen LogP contribution in [0.3, 0.4) is 0 Å². The molecule has 0 aromatic carbocycles. The fourth-order valence-electron chi connectivity index (χ4n) is 3.75. The molecule has 1 aromatic rings. The van der Waals surface area contributed by atoms with Crippen LogP contribution in [-0.2, 0) is 29.0 Å². The maximum absolute atomic E-state index is 11.9. The van der Waals surface area contributed by atoms with E-state index in [4.69, 9.17) is 4.74 Å². The molecule has 0 unspecified atom stereocenters. The van der Waals surface area contributed by atoms with Crippen LogP contribution in [0.2, 0.25) is 0 Å². The van der Waals surface area contributed by atoms with Crippen molar-refractivity contribution in [3.63, 3.8) is 0 Å². The number of rotatable bonds is 4. The molecular weight excluding hydrogens is 332 g/mol. The lowest BCUT2D eigenvalue weighted by atomic mass is 9.97. The van der Waals surface area contributed by atoms with Gasteiger partial charge in [-0.3, -0.25) is 9.79 Å². The zero-order chi connectivity index (χ0) is 18.4. The van der Waals surface area contributed by atoms with Crippen molar-refractivity contribution < 1.29 is 9.53 Å². The number of aliphatic imine (C=N–C) groups is 1. The van der Waals surface area contributed by atoms with Crippen molar-refractivity contribution in [1.82, 2.24) is 25.0 Å². The Morgan fingerprint density at radius 3 is 2.77 bits per heavy atom. The van der Waals surface area contributed by atoms with E-state index in [1.807, 2.05) is 6.92 Å². The number of likely N-dealkylation sites (tertiary alicyclic amines) is 1. The zero-order valence-electron chi connectivity index (χ0n) is 15.9. The van der Waals surface area contributed by atoms with Gasteiger partial charge in [0, 0.05) is 33.1 Å². The van der Waals surface area contributed by atoms with Gasteiger partial charge in [0.05, 0.1) is 19.1 Å². The molecule has 8 heteroatoms. The van der Waals surface area contributed by atoms with Crippen molar-refractivity contribution in [2.24, 2.45) is 10.9 Å². The Labute approximate surface area is 155 Å². The normalized spacial score (nSPS) is 19.0. The summed E-state index contributed by atoms with van der Waals surface area (Å²) < 4.78 is 7.39. The number of ether oxygens (including phenoxy) is 1. The number of aryl methyl sites for hydroxylation is 1. The van der Waals surface area contributed by atoms with Crippen LogP contribution in [0.25, 0.3) is 0 Å². The summed E-state index contributed by atoms with van der Waals surface area (Å²) in [6.45, 7) is 5.54. The van der Waals surface area contributed by atoms with Gasteiger partial charge in [-0.1, -0.05) is 6.42 Å². The Hall–Kier alpha value is -2.12. The van der Waals surface area contributed by atoms with Gasteiger partial charge in [-0.25, -0.2) is 0 Å². The van der Waals surface area contributed by atoms with Gasteiger partial charge >= 0.3 is 5.97 Å². The second-order valence-electron chi connectivity index (χ2n) is 6.91. The quantitative estimate of drug-likeness (QED) is 0.494. The first-order valence-corrected chi connectivity index (χ1v) is 9.76. The Balaban J connectivity index is 1.53. The number of nitrogens with zero attached hydrogens (tertiary/aromatic N) is 5. The third kappa shape index (κ3) is 4.34. The molecule has 3 heterocycles. The Morgan fingerprint density at radius 2 is 2.04 bits per heavy atom. The number of nitrogens with one attached hydrogen (secondary N) is 1. The molecule has 1 N–H and O–H groups in total. The summed E-state index contributed by atoms with van der Waals surface area (Å²) in [6, 6.07) is 0. The van der Waals surface area contributed by atoms with Gasteiger partial charge in [0.15, 0.2) is 11.8 Å². The summed E-state index contributed by atoms with van der Waals surface area (Å²) in [6.07, 6.45) is 6.27. The van der Waals surface area contributed by atoms with Crippen molar-refractivity contribution in [2.75, 3.05) is 26.7 Å². The van der Waals surface area contributed by atoms with Crippen molar-refractivity contribution in [3.8, 4) is 0 Å². The van der Waals surface area contributed by atoms with Gasteiger partial charge in [-0.15, -0.1) is 10.2 Å². The Kier molecular flexibility index (Phi) is 6.46. The minimum absolute atomic E-state index is 0.0107. The molecule has 2 aliphatic heterocycles. The lowest BCUT2D eigenvalue weighted by Crippen LogP contribution is -2.46. The van der Waals surface area contributed by atoms with Crippen molar-refractivity contribution in [1.29, 1.82) is 0 Å². The molecule has 0 radical (unpaired) electrons. The summed E-state index contributed by atoms with van der Waals surface area (Å²) in [5.74, 6) is 2.88. The highest BCUT2D eigenvalue weighted by atomic mass is 16.5. The predicted molar refractivity (Wildman–Crippen MR) is 98.7 cm³/mol. The molecule has 0 spiro atoms. The summed E-state index contributed by atoms with van der Waals surface area (Å²) in [5, 5.41) is 12.1. The SMILES string of the molecule is CCOC(=O)C1CCN(C(=NC)NCc2nnc3n2CCCCC3)CC1. The second-order valence-corrected chi connectivity index (χ2v) is 6.91. The van der Waals surface area contributed by atoms with E-state index in [0.717, 1.165) is 56.5 Å². The lowest BCUT2D eigenvalue weighted by molar-refractivity contribution is -0.149. The monoisotopic (exact) mass is 362 g/mol. The van der Waals surface area contributed by atoms with Crippen LogP contribution >= 0.6 is 0 Å². The predicted octanol–water partition coefficient (Wildman–Crippen LogP) is 1.35. The zero-order valence-corrected chi connectivity index (χ0v) is 15.9. The van der Waals surface area contributed by atoms with Gasteiger partial charge < -0.3 is 19.5 Å². The van der Waals surface area contributed by atoms with E-state index in [2.05, 4.69) is 30.0 Å². The number of hydrogen-bond acceptors (Lipinski definition) is 5. The molecule has 1 saturated heterocycles. The largest absolute Gasteiger partial charge is 0.466 e. The fraction of sp³-hybridized carbons (Fsp3) is 0.778. The minimum atomic E-state index is -0.0683. The maximum Gasteiger partial charge on any atom is 0.309 e. The number of aromatic nitrogens is 3. The van der Waals surface area contributed by atoms with E-state index in [9.17, 15) is 4.79 Å². The molecule has 0 aliphatic carbocycles. The van der Waals surface area contributed by atoms with Crippen LogP contribution in [0.15, 0.2) is 4.99 Å². The summed E-state index contributed by atoms with van der Waals surface area (Å²) >= 11 is 0. The topological polar surface area (TPSA) is 84.6 Å². The van der Waals surface area contributed by atoms with Crippen LogP contribution in [0.1, 0.15) is 50.7 Å². The number of piperidine rings is 1. The summed E-state index contributed by atoms with van der Waals surface area (Å²) in [4.78, 5) is 18.5. The van der Waals surface area contributed by atoms with Crippen LogP contribution in [0.5, 0.6) is 0 Å². The van der Waals surface area contributed by atoms with Crippen LogP contribution in [0, 0.1) is 5.92 Å². The highest BCUT2D eigenvalue weighted by Crippen LogP contribution is 2.19. The van der Waals surface area contributed by atoms with Gasteiger partial charge in [0.1, 0.15) is 5.82 Å². The van der Waals surface area contributed by atoms with E-state index in [0.29, 0.717) is 13.2 Å². The van der Waals surface area contributed by atoms with E-state index < -0.39 is 0 Å². The van der Waals surface area contributed by atoms with E-state index >= 15 is 0 Å². The van der Waals surface area contributed by atoms with Crippen LogP contribution in [0.4, 0.5) is 0 Å². The second kappa shape index (κ2) is 9.00. The van der Waals surface area contributed by atoms with Gasteiger partial charge in [-0.2, -0.15) is 0 Å².